The van der Waals surface area contributed by atoms with Crippen LogP contribution in [0.25, 0.3) is 10.9 Å². The molecule has 0 atom stereocenters. The number of aryl methyl sites for hydroxylation is 1. The molecule has 0 aliphatic rings. The number of aromatic amines is 1. The summed E-state index contributed by atoms with van der Waals surface area (Å²) in [6.07, 6.45) is 0. The quantitative estimate of drug-likeness (QED) is 0.524. The smallest absolute Gasteiger partial charge is 0.152 e. The van der Waals surface area contributed by atoms with E-state index in [1.165, 1.54) is 23.9 Å². The van der Waals surface area contributed by atoms with Crippen LogP contribution in [0.1, 0.15) is 5.69 Å². The molecule has 2 aromatic heterocycles. The predicted molar refractivity (Wildman–Crippen MR) is 98.9 cm³/mol. The number of para-hydroxylation sites is 1. The lowest BCUT2D eigenvalue weighted by Crippen LogP contribution is -1.94. The fourth-order valence-electron chi connectivity index (χ4n) is 2.55. The zero-order valence-corrected chi connectivity index (χ0v) is 14.3. The van der Waals surface area contributed by atoms with Gasteiger partial charge >= 0.3 is 0 Å². The maximum Gasteiger partial charge on any atom is 0.152 e. The number of fused-ring (bicyclic) bond motifs is 1. The van der Waals surface area contributed by atoms with Crippen molar-refractivity contribution in [1.29, 1.82) is 0 Å². The first-order valence-corrected chi connectivity index (χ1v) is 8.61. The summed E-state index contributed by atoms with van der Waals surface area (Å²) in [4.78, 5) is 5.64. The highest BCUT2D eigenvalue weighted by molar-refractivity contribution is 7.99. The van der Waals surface area contributed by atoms with Gasteiger partial charge < -0.3 is 5.32 Å². The first kappa shape index (κ1) is 15.7. The molecule has 2 aromatic carbocycles. The van der Waals surface area contributed by atoms with Crippen LogP contribution in [-0.4, -0.2) is 15.2 Å². The summed E-state index contributed by atoms with van der Waals surface area (Å²) >= 11 is 1.50. The van der Waals surface area contributed by atoms with Crippen molar-refractivity contribution in [2.24, 2.45) is 0 Å². The molecule has 0 amide bonds. The van der Waals surface area contributed by atoms with Gasteiger partial charge in [0, 0.05) is 22.0 Å². The third-order valence-corrected chi connectivity index (χ3v) is 4.62. The minimum absolute atomic E-state index is 0.243. The van der Waals surface area contributed by atoms with Crippen LogP contribution >= 0.6 is 11.8 Å². The Morgan fingerprint density at radius 2 is 1.84 bits per heavy atom. The van der Waals surface area contributed by atoms with Gasteiger partial charge in [0.1, 0.15) is 10.8 Å². The number of benzene rings is 2. The fourth-order valence-corrected chi connectivity index (χ4v) is 3.38. The molecular weight excluding hydrogens is 335 g/mol. The molecule has 25 heavy (non-hydrogen) atoms. The van der Waals surface area contributed by atoms with E-state index in [1.807, 2.05) is 43.3 Å². The Morgan fingerprint density at radius 1 is 1.04 bits per heavy atom. The van der Waals surface area contributed by atoms with Gasteiger partial charge in [0.25, 0.3) is 0 Å². The zero-order valence-electron chi connectivity index (χ0n) is 13.5. The number of aromatic nitrogens is 3. The van der Waals surface area contributed by atoms with Crippen molar-refractivity contribution in [3.63, 3.8) is 0 Å². The van der Waals surface area contributed by atoms with E-state index in [0.717, 1.165) is 38.0 Å². The number of pyridine rings is 1. The van der Waals surface area contributed by atoms with Gasteiger partial charge in [-0.15, -0.1) is 0 Å². The molecule has 0 saturated carbocycles. The van der Waals surface area contributed by atoms with Gasteiger partial charge in [0.05, 0.1) is 11.2 Å². The Labute approximate surface area is 148 Å². The molecule has 0 aliphatic heterocycles. The van der Waals surface area contributed by atoms with Gasteiger partial charge in [-0.05, 0) is 43.3 Å². The van der Waals surface area contributed by atoms with Crippen LogP contribution in [0.5, 0.6) is 0 Å². The monoisotopic (exact) mass is 350 g/mol. The van der Waals surface area contributed by atoms with E-state index in [1.54, 1.807) is 12.1 Å². The summed E-state index contributed by atoms with van der Waals surface area (Å²) in [5, 5.41) is 12.4. The average molecular weight is 350 g/mol. The number of nitrogens with zero attached hydrogens (tertiary/aromatic N) is 2. The lowest BCUT2D eigenvalue weighted by Gasteiger charge is -2.10. The zero-order chi connectivity index (χ0) is 17.2. The van der Waals surface area contributed by atoms with Crippen molar-refractivity contribution in [3.05, 3.63) is 72.2 Å². The highest BCUT2D eigenvalue weighted by Crippen LogP contribution is 2.33. The summed E-state index contributed by atoms with van der Waals surface area (Å²) < 4.78 is 13.1. The maximum absolute atomic E-state index is 13.1. The van der Waals surface area contributed by atoms with Crippen molar-refractivity contribution in [2.75, 3.05) is 5.32 Å². The number of anilines is 2. The van der Waals surface area contributed by atoms with Gasteiger partial charge in [-0.3, -0.25) is 5.10 Å². The first-order valence-electron chi connectivity index (χ1n) is 7.80. The van der Waals surface area contributed by atoms with Crippen LogP contribution in [0.3, 0.4) is 0 Å². The van der Waals surface area contributed by atoms with E-state index in [-0.39, 0.29) is 5.82 Å². The Hall–Kier alpha value is -2.86. The fraction of sp³-hybridized carbons (Fsp3) is 0.0526. The summed E-state index contributed by atoms with van der Waals surface area (Å²) in [6.45, 7) is 1.96. The van der Waals surface area contributed by atoms with Gasteiger partial charge in [0.15, 0.2) is 5.82 Å². The first-order chi connectivity index (χ1) is 12.2. The number of halogens is 1. The van der Waals surface area contributed by atoms with Gasteiger partial charge in [-0.1, -0.05) is 30.0 Å². The molecule has 0 radical (unpaired) electrons. The molecule has 0 fully saturated rings. The van der Waals surface area contributed by atoms with Crippen LogP contribution in [0, 0.1) is 12.7 Å². The summed E-state index contributed by atoms with van der Waals surface area (Å²) in [6, 6.07) is 18.3. The molecule has 124 valence electrons. The largest absolute Gasteiger partial charge is 0.338 e. The van der Waals surface area contributed by atoms with Crippen LogP contribution in [0.15, 0.2) is 70.6 Å². The Kier molecular flexibility index (Phi) is 4.11. The lowest BCUT2D eigenvalue weighted by molar-refractivity contribution is 0.626. The van der Waals surface area contributed by atoms with E-state index in [9.17, 15) is 4.39 Å². The number of rotatable bonds is 4. The molecule has 0 aliphatic carbocycles. The number of nitrogens with one attached hydrogen (secondary N) is 2. The second kappa shape index (κ2) is 6.57. The topological polar surface area (TPSA) is 53.6 Å². The summed E-state index contributed by atoms with van der Waals surface area (Å²) in [7, 11) is 0. The standard InChI is InChI=1S/C19H15FN4S/c1-12-10-18(24-23-12)21-17-11-19(22-16-5-3-2-4-15(16)17)25-14-8-6-13(20)7-9-14/h2-11H,1H3,(H2,21,22,23,24). The summed E-state index contributed by atoms with van der Waals surface area (Å²) in [5.74, 6) is 0.513. The van der Waals surface area contributed by atoms with Gasteiger partial charge in [-0.2, -0.15) is 5.10 Å². The van der Waals surface area contributed by atoms with Crippen molar-refractivity contribution >= 4 is 34.2 Å². The molecule has 4 aromatic rings. The van der Waals surface area contributed by atoms with Gasteiger partial charge in [-0.25, -0.2) is 9.37 Å². The molecule has 4 nitrogen and oxygen atoms in total. The van der Waals surface area contributed by atoms with Crippen LogP contribution < -0.4 is 5.32 Å². The van der Waals surface area contributed by atoms with Crippen molar-refractivity contribution < 1.29 is 4.39 Å². The van der Waals surface area contributed by atoms with Crippen molar-refractivity contribution in [1.82, 2.24) is 15.2 Å². The number of H-pyrrole nitrogens is 1. The van der Waals surface area contributed by atoms with Crippen LogP contribution in [0.4, 0.5) is 15.9 Å². The van der Waals surface area contributed by atoms with E-state index >= 15 is 0 Å². The van der Waals surface area contributed by atoms with Gasteiger partial charge in [0.2, 0.25) is 0 Å². The molecule has 6 heteroatoms. The minimum atomic E-state index is -0.243. The van der Waals surface area contributed by atoms with E-state index in [0.29, 0.717) is 0 Å². The normalized spacial score (nSPS) is 11.0. The molecule has 0 unspecified atom stereocenters. The number of hydrogen-bond acceptors (Lipinski definition) is 4. The maximum atomic E-state index is 13.1. The Morgan fingerprint density at radius 3 is 2.60 bits per heavy atom. The lowest BCUT2D eigenvalue weighted by atomic mass is 10.2. The molecule has 0 bridgehead atoms. The Bertz CT molecular complexity index is 1030. The van der Waals surface area contributed by atoms with Crippen molar-refractivity contribution in [2.45, 2.75) is 16.8 Å². The summed E-state index contributed by atoms with van der Waals surface area (Å²) in [5.41, 5.74) is 2.81. The molecule has 4 rings (SSSR count). The second-order valence-electron chi connectivity index (χ2n) is 5.64. The van der Waals surface area contributed by atoms with E-state index < -0.39 is 0 Å². The molecular formula is C19H15FN4S. The number of hydrogen-bond donors (Lipinski definition) is 2. The van der Waals surface area contributed by atoms with Crippen LogP contribution in [0.2, 0.25) is 0 Å². The third-order valence-electron chi connectivity index (χ3n) is 3.70. The molecule has 2 heterocycles. The SMILES string of the molecule is Cc1cc(Nc2cc(Sc3ccc(F)cc3)nc3ccccc23)n[nH]1. The minimum Gasteiger partial charge on any atom is -0.338 e. The predicted octanol–water partition coefficient (Wildman–Crippen LogP) is 5.30. The highest BCUT2D eigenvalue weighted by atomic mass is 32.2. The molecule has 0 saturated heterocycles. The van der Waals surface area contributed by atoms with E-state index in [4.69, 9.17) is 4.98 Å². The molecule has 0 spiro atoms. The van der Waals surface area contributed by atoms with Crippen molar-refractivity contribution in [3.8, 4) is 0 Å². The highest BCUT2D eigenvalue weighted by Gasteiger charge is 2.09. The molecule has 2 N–H and O–H groups in total. The van der Waals surface area contributed by atoms with E-state index in [2.05, 4.69) is 15.5 Å². The average Bonchev–Trinajstić information content (AvgIpc) is 3.02. The second-order valence-corrected chi connectivity index (χ2v) is 6.74. The Balaban J connectivity index is 1.73. The third kappa shape index (κ3) is 3.49. The van der Waals surface area contributed by atoms with Crippen LogP contribution in [-0.2, 0) is 0 Å².